The Bertz CT molecular complexity index is 9710. The Hall–Kier alpha value is -16.9. The van der Waals surface area contributed by atoms with Crippen LogP contribution in [0, 0.1) is 11.9 Å². The van der Waals surface area contributed by atoms with Crippen LogP contribution in [0.25, 0.3) is 244 Å². The van der Waals surface area contributed by atoms with Gasteiger partial charge in [-0.2, -0.15) is 13.8 Å². The molecule has 15 aromatic carbocycles. The van der Waals surface area contributed by atoms with Crippen molar-refractivity contribution in [2.45, 2.75) is 57.8 Å². The van der Waals surface area contributed by atoms with Crippen LogP contribution < -0.4 is 0 Å². The van der Waals surface area contributed by atoms with Crippen LogP contribution >= 0.6 is 34.0 Å². The third-order valence-corrected chi connectivity index (χ3v) is 33.9. The van der Waals surface area contributed by atoms with Gasteiger partial charge in [0.1, 0.15) is 48.0 Å². The van der Waals surface area contributed by atoms with E-state index in [1.54, 1.807) is 34.0 Å². The SMILES string of the molecule is CC1(C)c2cc(-c3ccc4cc(-c5ccc6nc7c8ccccc8sc7n6c5)ccc4c3)ccc2-c2ccc(-c3ccc(F)nc3F)cc21.CC1(C)c2cc(-c3cccnc3)ccc2-c2ccc(-c3ccc4cc(-c5ccc6nc7c8ccccc8sc7n6c5)ccc4c3)cc21.CC1(C)c2cc(-c3ccncc3)ccc2-c2ccc(-c3ccc4cc(-c5ccc6nc7c8ccccc8sc7n6c5)ccc4c3)cc21. The van der Waals surface area contributed by atoms with Gasteiger partial charge in [-0.1, -0.05) is 248 Å². The zero-order chi connectivity index (χ0) is 95.6. The molecule has 14 heteroatoms. The molecule has 0 N–H and O–H groups in total. The van der Waals surface area contributed by atoms with Gasteiger partial charge in [0.25, 0.3) is 0 Å². The van der Waals surface area contributed by atoms with Crippen molar-refractivity contribution in [3.05, 3.63) is 453 Å². The summed E-state index contributed by atoms with van der Waals surface area (Å²) in [5.74, 6) is -1.62. The third kappa shape index (κ3) is 13.7. The van der Waals surface area contributed by atoms with Gasteiger partial charge >= 0.3 is 0 Å². The number of aromatic nitrogens is 9. The number of imidazole rings is 3. The first kappa shape index (κ1) is 84.2. The molecule has 0 atom stereocenters. The van der Waals surface area contributed by atoms with Crippen molar-refractivity contribution in [2.24, 2.45) is 0 Å². The lowest BCUT2D eigenvalue weighted by Crippen LogP contribution is -2.15. The molecule has 0 radical (unpaired) electrons. The van der Waals surface area contributed by atoms with E-state index in [2.05, 4.69) is 416 Å². The molecule has 0 saturated carbocycles. The minimum Gasteiger partial charge on any atom is -0.290 e. The Morgan fingerprint density at radius 3 is 0.832 bits per heavy atom. The zero-order valence-electron chi connectivity index (χ0n) is 78.7. The second-order valence-corrected chi connectivity index (χ2v) is 42.8. The molecule has 12 aromatic heterocycles. The minimum atomic E-state index is -0.821. The Kier molecular flexibility index (Phi) is 18.9. The normalized spacial score (nSPS) is 13.5. The van der Waals surface area contributed by atoms with Gasteiger partial charge in [0.2, 0.25) is 11.9 Å². The number of thiophene rings is 3. The first-order chi connectivity index (χ1) is 69.8. The summed E-state index contributed by atoms with van der Waals surface area (Å²) in [5, 5.41) is 11.0. The predicted octanol–water partition coefficient (Wildman–Crippen LogP) is 35.0. The second-order valence-electron chi connectivity index (χ2n) is 39.7. The van der Waals surface area contributed by atoms with E-state index in [0.717, 1.165) is 72.4 Å². The summed E-state index contributed by atoms with van der Waals surface area (Å²) in [6.07, 6.45) is 14.2. The summed E-state index contributed by atoms with van der Waals surface area (Å²) in [4.78, 5) is 30.4. The van der Waals surface area contributed by atoms with Gasteiger partial charge in [-0.05, 0) is 351 Å². The van der Waals surface area contributed by atoms with E-state index >= 15 is 0 Å². The van der Waals surface area contributed by atoms with E-state index in [-0.39, 0.29) is 16.2 Å². The van der Waals surface area contributed by atoms with E-state index < -0.39 is 11.9 Å². The summed E-state index contributed by atoms with van der Waals surface area (Å²) >= 11 is 5.39. The van der Waals surface area contributed by atoms with Crippen LogP contribution in [0.15, 0.2) is 407 Å². The summed E-state index contributed by atoms with van der Waals surface area (Å²) in [7, 11) is 0. The molecular formula is C129H85F2N9S3. The van der Waals surface area contributed by atoms with E-state index in [1.807, 2.05) is 49.1 Å². The van der Waals surface area contributed by atoms with E-state index in [0.29, 0.717) is 11.1 Å². The quantitative estimate of drug-likeness (QED) is 0.134. The van der Waals surface area contributed by atoms with Crippen molar-refractivity contribution in [3.8, 4) is 134 Å². The van der Waals surface area contributed by atoms with Crippen molar-refractivity contribution in [1.29, 1.82) is 0 Å². The Morgan fingerprint density at radius 1 is 0.224 bits per heavy atom. The monoisotopic (exact) mass is 1890 g/mol. The highest BCUT2D eigenvalue weighted by Crippen LogP contribution is 2.56. The molecule has 3 aliphatic carbocycles. The Labute approximate surface area is 834 Å². The van der Waals surface area contributed by atoms with Gasteiger partial charge in [-0.25, -0.2) is 15.0 Å². The molecule has 0 amide bonds. The first-order valence-corrected chi connectivity index (χ1v) is 50.8. The molecular weight excluding hydrogens is 1810 g/mol. The molecule has 0 spiro atoms. The summed E-state index contributed by atoms with van der Waals surface area (Å²) in [6.45, 7) is 13.8. The van der Waals surface area contributed by atoms with Crippen LogP contribution in [-0.2, 0) is 16.2 Å². The van der Waals surface area contributed by atoms with Crippen LogP contribution in [-0.4, -0.2) is 43.1 Å². The van der Waals surface area contributed by atoms with Crippen molar-refractivity contribution >= 4 is 145 Å². The van der Waals surface area contributed by atoms with Crippen LogP contribution in [0.2, 0.25) is 0 Å². The highest BCUT2D eigenvalue weighted by molar-refractivity contribution is 7.26. The van der Waals surface area contributed by atoms with Gasteiger partial charge in [-0.3, -0.25) is 23.2 Å². The number of hydrogen-bond donors (Lipinski definition) is 0. The fourth-order valence-electron chi connectivity index (χ4n) is 22.8. The Morgan fingerprint density at radius 2 is 0.503 bits per heavy atom. The second kappa shape index (κ2) is 32.1. The summed E-state index contributed by atoms with van der Waals surface area (Å²) < 4.78 is 38.6. The molecule has 30 rings (SSSR count). The maximum absolute atomic E-state index is 14.6. The molecule has 9 nitrogen and oxygen atoms in total. The molecule has 0 saturated heterocycles. The van der Waals surface area contributed by atoms with E-state index in [1.165, 1.54) is 206 Å². The van der Waals surface area contributed by atoms with E-state index in [4.69, 9.17) is 15.0 Å². The van der Waals surface area contributed by atoms with Gasteiger partial charge in [0, 0.05) is 95.4 Å². The van der Waals surface area contributed by atoms with Gasteiger partial charge in [0.15, 0.2) is 0 Å². The molecule has 0 unspecified atom stereocenters. The number of fused-ring (bicyclic) bond motifs is 27. The third-order valence-electron chi connectivity index (χ3n) is 30.5. The van der Waals surface area contributed by atoms with Crippen LogP contribution in [0.1, 0.15) is 74.9 Å². The number of rotatable bonds is 9. The lowest BCUT2D eigenvalue weighted by molar-refractivity contribution is 0.515. The smallest absolute Gasteiger partial charge is 0.223 e. The van der Waals surface area contributed by atoms with Crippen molar-refractivity contribution in [1.82, 2.24) is 43.1 Å². The average molecular weight is 1900 g/mol. The summed E-state index contributed by atoms with van der Waals surface area (Å²) in [6, 6.07) is 131. The molecule has 0 aliphatic heterocycles. The molecule has 12 heterocycles. The highest BCUT2D eigenvalue weighted by Gasteiger charge is 2.40. The number of nitrogens with zero attached hydrogens (tertiary/aromatic N) is 9. The van der Waals surface area contributed by atoms with Gasteiger partial charge in [0.05, 0.1) is 0 Å². The Balaban J connectivity index is 0.000000105. The highest BCUT2D eigenvalue weighted by atomic mass is 32.1. The number of pyridine rings is 6. The van der Waals surface area contributed by atoms with Crippen LogP contribution in [0.3, 0.4) is 0 Å². The lowest BCUT2D eigenvalue weighted by atomic mass is 9.81. The molecule has 0 bridgehead atoms. The zero-order valence-corrected chi connectivity index (χ0v) is 81.1. The largest absolute Gasteiger partial charge is 0.290 e. The summed E-state index contributed by atoms with van der Waals surface area (Å²) in [5.41, 5.74) is 41.4. The van der Waals surface area contributed by atoms with Crippen molar-refractivity contribution < 1.29 is 8.78 Å². The fourth-order valence-corrected chi connectivity index (χ4v) is 26.1. The molecule has 678 valence electrons. The number of hydrogen-bond acceptors (Lipinski definition) is 9. The predicted molar refractivity (Wildman–Crippen MR) is 592 cm³/mol. The minimum absolute atomic E-state index is 0.0901. The van der Waals surface area contributed by atoms with Crippen molar-refractivity contribution in [2.75, 3.05) is 0 Å². The standard InChI is InChI=1S/C43H27F2N3S.2C43H29N3S/c1-43(2)35-21-28(11-14-32(35)33-15-12-29(22-36(33)43)31-16-17-38(44)46-41(31)45)26-8-7-25-20-27(10-9-24(25)19-26)30-13-18-39-47-40-34-5-3-4-6-37(34)49-42(40)48(39)23-30;1-43(2)37-22-30(13-16-34(37)35-17-14-31(23-38(35)43)32-6-5-19-44-24-32)28-10-9-27-21-29(12-11-26(27)20-28)33-15-18-40-45-41-36-7-3-4-8-39(36)47-42(41)46(40)25-33;1-43(2)37-23-31(26-17-19-44-20-18-26)11-14-34(37)35-15-12-32(24-38(35)43)29-8-7-28-22-30(10-9-27(28)21-29)33-13-16-40-45-41-36-5-3-4-6-39(36)47-42(41)46(40)25-33/h3-23H,1-2H3;2*3-25H,1-2H3. The topological polar surface area (TPSA) is 90.6 Å². The molecule has 143 heavy (non-hydrogen) atoms. The average Bonchev–Trinajstić information content (AvgIpc) is 1.54. The van der Waals surface area contributed by atoms with Gasteiger partial charge < -0.3 is 0 Å². The molecule has 3 aliphatic rings. The fraction of sp³-hybridized carbons (Fsp3) is 0.0698. The van der Waals surface area contributed by atoms with Crippen LogP contribution in [0.4, 0.5) is 8.78 Å². The molecule has 0 fully saturated rings. The van der Waals surface area contributed by atoms with Crippen LogP contribution in [0.5, 0.6) is 0 Å². The number of halogens is 2. The first-order valence-electron chi connectivity index (χ1n) is 48.4. The van der Waals surface area contributed by atoms with E-state index in [9.17, 15) is 8.78 Å². The maximum Gasteiger partial charge on any atom is 0.223 e. The lowest BCUT2D eigenvalue weighted by Gasteiger charge is -2.22. The molecule has 27 aromatic rings. The van der Waals surface area contributed by atoms with Crippen molar-refractivity contribution in [3.63, 3.8) is 0 Å². The maximum atomic E-state index is 14.6. The number of benzene rings is 15. The van der Waals surface area contributed by atoms with Gasteiger partial charge in [-0.15, -0.1) is 34.0 Å².